The molecule has 168 valence electrons. The fourth-order valence-corrected chi connectivity index (χ4v) is 3.47. The topological polar surface area (TPSA) is 70.9 Å². The fraction of sp³-hybridized carbons (Fsp3) is 0.462. The van der Waals surface area contributed by atoms with Crippen LogP contribution in [0.3, 0.4) is 0 Å². The van der Waals surface area contributed by atoms with E-state index in [0.29, 0.717) is 23.4 Å². The van der Waals surface area contributed by atoms with Crippen molar-refractivity contribution in [2.45, 2.75) is 78.1 Å². The highest BCUT2D eigenvalue weighted by Crippen LogP contribution is 2.22. The van der Waals surface area contributed by atoms with Crippen LogP contribution in [0.2, 0.25) is 0 Å². The van der Waals surface area contributed by atoms with Gasteiger partial charge in [-0.05, 0) is 44.0 Å². The second-order valence-corrected chi connectivity index (χ2v) is 8.01. The van der Waals surface area contributed by atoms with Gasteiger partial charge in [0.25, 0.3) is 0 Å². The highest BCUT2D eigenvalue weighted by atomic mass is 16.7. The van der Waals surface area contributed by atoms with E-state index >= 15 is 0 Å². The lowest BCUT2D eigenvalue weighted by atomic mass is 10.00. The van der Waals surface area contributed by atoms with Gasteiger partial charge in [-0.25, -0.2) is 4.79 Å². The Balaban J connectivity index is 1.90. The summed E-state index contributed by atoms with van der Waals surface area (Å²) < 4.78 is 0. The zero-order valence-electron chi connectivity index (χ0n) is 18.9. The highest BCUT2D eigenvalue weighted by Gasteiger charge is 2.12. The van der Waals surface area contributed by atoms with Crippen molar-refractivity contribution in [2.24, 2.45) is 5.16 Å². The first-order valence-corrected chi connectivity index (χ1v) is 11.5. The Morgan fingerprint density at radius 1 is 0.935 bits per heavy atom. The lowest BCUT2D eigenvalue weighted by Crippen LogP contribution is -2.13. The van der Waals surface area contributed by atoms with Gasteiger partial charge in [0, 0.05) is 11.3 Å². The molecule has 2 N–H and O–H groups in total. The fourth-order valence-electron chi connectivity index (χ4n) is 3.47. The van der Waals surface area contributed by atoms with Crippen molar-refractivity contribution in [3.05, 3.63) is 59.7 Å². The number of nitrogens with zero attached hydrogens (tertiary/aromatic N) is 1. The van der Waals surface area contributed by atoms with Crippen LogP contribution in [-0.2, 0) is 4.84 Å². The molecule has 0 aliphatic rings. The van der Waals surface area contributed by atoms with E-state index < -0.39 is 6.09 Å². The summed E-state index contributed by atoms with van der Waals surface area (Å²) in [6, 6.07) is 14.5. The van der Waals surface area contributed by atoms with Crippen LogP contribution in [0.1, 0.15) is 82.3 Å². The highest BCUT2D eigenvalue weighted by molar-refractivity contribution is 6.03. The van der Waals surface area contributed by atoms with E-state index in [1.807, 2.05) is 37.3 Å². The number of nitrogens with one attached hydrogen (secondary N) is 1. The Bertz CT molecular complexity index is 819. The molecule has 0 spiro atoms. The molecule has 2 aromatic rings. The lowest BCUT2D eigenvalue weighted by molar-refractivity contribution is 0.166. The molecule has 0 unspecified atom stereocenters. The Kier molecular flexibility index (Phi) is 11.2. The molecule has 2 rings (SSSR count). The van der Waals surface area contributed by atoms with Crippen molar-refractivity contribution in [2.75, 3.05) is 5.32 Å². The van der Waals surface area contributed by atoms with Gasteiger partial charge < -0.3 is 5.11 Å². The molecule has 5 heteroatoms. The number of amides is 1. The molecule has 1 amide bonds. The molecule has 0 radical (unpaired) electrons. The molecular formula is C26H36N2O3. The van der Waals surface area contributed by atoms with Crippen LogP contribution in [0.5, 0.6) is 5.75 Å². The number of hydrogen-bond acceptors (Lipinski definition) is 4. The third kappa shape index (κ3) is 9.69. The van der Waals surface area contributed by atoms with Gasteiger partial charge in [0.05, 0.1) is 5.71 Å². The Hall–Kier alpha value is -2.82. The van der Waals surface area contributed by atoms with E-state index in [1.165, 1.54) is 44.9 Å². The number of unbranched alkanes of at least 4 members (excludes halogenated alkanes) is 8. The zero-order chi connectivity index (χ0) is 22.3. The number of rotatable bonds is 13. The van der Waals surface area contributed by atoms with Gasteiger partial charge in [-0.15, -0.1) is 0 Å². The number of para-hydroxylation sites is 1. The van der Waals surface area contributed by atoms with Gasteiger partial charge in [0.15, 0.2) is 0 Å². The molecule has 0 bridgehead atoms. The largest absolute Gasteiger partial charge is 0.507 e. The SMILES string of the molecule is CCCCCCCCCCCC(=NOC(=O)Nc1ccccc1)c1cc(C)ccc1O. The smallest absolute Gasteiger partial charge is 0.437 e. The van der Waals surface area contributed by atoms with Gasteiger partial charge in [0.2, 0.25) is 0 Å². The van der Waals surface area contributed by atoms with Crippen LogP contribution in [0, 0.1) is 6.92 Å². The number of aryl methyl sites for hydroxylation is 1. The molecule has 31 heavy (non-hydrogen) atoms. The van der Waals surface area contributed by atoms with Gasteiger partial charge >= 0.3 is 6.09 Å². The second-order valence-electron chi connectivity index (χ2n) is 8.01. The van der Waals surface area contributed by atoms with Crippen LogP contribution in [0.25, 0.3) is 0 Å². The van der Waals surface area contributed by atoms with Crippen LogP contribution in [0.15, 0.2) is 53.7 Å². The zero-order valence-corrected chi connectivity index (χ0v) is 18.9. The number of carbonyl (C=O) groups is 1. The molecule has 5 nitrogen and oxygen atoms in total. The van der Waals surface area contributed by atoms with Gasteiger partial charge in [-0.2, -0.15) is 0 Å². The molecule has 0 aromatic heterocycles. The van der Waals surface area contributed by atoms with Gasteiger partial charge in [-0.1, -0.05) is 93.3 Å². The van der Waals surface area contributed by atoms with Crippen LogP contribution in [0.4, 0.5) is 10.5 Å². The Morgan fingerprint density at radius 3 is 2.26 bits per heavy atom. The third-order valence-electron chi connectivity index (χ3n) is 5.24. The normalized spacial score (nSPS) is 11.4. The quantitative estimate of drug-likeness (QED) is 0.151. The first-order valence-electron chi connectivity index (χ1n) is 11.5. The number of anilines is 1. The van der Waals surface area contributed by atoms with E-state index in [0.717, 1.165) is 18.4 Å². The number of aromatic hydroxyl groups is 1. The molecule has 0 saturated heterocycles. The Labute approximate surface area is 186 Å². The maximum atomic E-state index is 12.1. The molecule has 0 saturated carbocycles. The third-order valence-corrected chi connectivity index (χ3v) is 5.24. The van der Waals surface area contributed by atoms with Crippen molar-refractivity contribution < 1.29 is 14.7 Å². The predicted molar refractivity (Wildman–Crippen MR) is 128 cm³/mol. The number of benzene rings is 2. The van der Waals surface area contributed by atoms with Crippen molar-refractivity contribution in [1.82, 2.24) is 0 Å². The molecular weight excluding hydrogens is 388 g/mol. The van der Waals surface area contributed by atoms with E-state index in [4.69, 9.17) is 4.84 Å². The van der Waals surface area contributed by atoms with E-state index in [-0.39, 0.29) is 5.75 Å². The summed E-state index contributed by atoms with van der Waals surface area (Å²) in [6.07, 6.45) is 11.0. The summed E-state index contributed by atoms with van der Waals surface area (Å²) in [7, 11) is 0. The average Bonchev–Trinajstić information content (AvgIpc) is 2.77. The molecule has 0 aliphatic heterocycles. The molecule has 2 aromatic carbocycles. The summed E-state index contributed by atoms with van der Waals surface area (Å²) in [5, 5.41) is 17.1. The molecule has 0 heterocycles. The van der Waals surface area contributed by atoms with E-state index in [9.17, 15) is 9.90 Å². The standard InChI is InChI=1S/C26H36N2O3/c1-3-4-5-6-7-8-9-10-14-17-24(23-20-21(2)18-19-25(23)29)28-31-26(30)27-22-15-12-11-13-16-22/h11-13,15-16,18-20,29H,3-10,14,17H2,1-2H3,(H,27,30). The monoisotopic (exact) mass is 424 g/mol. The number of phenolic OH excluding ortho intramolecular Hbond substituents is 1. The summed E-state index contributed by atoms with van der Waals surface area (Å²) >= 11 is 0. The average molecular weight is 425 g/mol. The summed E-state index contributed by atoms with van der Waals surface area (Å²) in [5.74, 6) is 0.146. The van der Waals surface area contributed by atoms with Gasteiger partial charge in [0.1, 0.15) is 5.75 Å². The second kappa shape index (κ2) is 14.2. The van der Waals surface area contributed by atoms with E-state index in [1.54, 1.807) is 18.2 Å². The maximum Gasteiger partial charge on any atom is 0.437 e. The first-order chi connectivity index (χ1) is 15.1. The first kappa shape index (κ1) is 24.4. The Morgan fingerprint density at radius 2 is 1.58 bits per heavy atom. The summed E-state index contributed by atoms with van der Waals surface area (Å²) in [5.41, 5.74) is 2.86. The number of hydrogen-bond donors (Lipinski definition) is 2. The van der Waals surface area contributed by atoms with Crippen LogP contribution >= 0.6 is 0 Å². The molecule has 0 aliphatic carbocycles. The van der Waals surface area contributed by atoms with E-state index in [2.05, 4.69) is 17.4 Å². The number of oxime groups is 1. The van der Waals surface area contributed by atoms with Crippen molar-refractivity contribution in [1.29, 1.82) is 0 Å². The maximum absolute atomic E-state index is 12.1. The summed E-state index contributed by atoms with van der Waals surface area (Å²) in [4.78, 5) is 17.2. The summed E-state index contributed by atoms with van der Waals surface area (Å²) in [6.45, 7) is 4.20. The number of phenols is 1. The predicted octanol–water partition coefficient (Wildman–Crippen LogP) is 7.57. The number of carbonyl (C=O) groups excluding carboxylic acids is 1. The lowest BCUT2D eigenvalue weighted by Gasteiger charge is -2.10. The molecule has 0 atom stereocenters. The minimum absolute atomic E-state index is 0.146. The van der Waals surface area contributed by atoms with Crippen molar-refractivity contribution in [3.63, 3.8) is 0 Å². The minimum atomic E-state index is -0.650. The van der Waals surface area contributed by atoms with Crippen LogP contribution < -0.4 is 5.32 Å². The van der Waals surface area contributed by atoms with Crippen LogP contribution in [-0.4, -0.2) is 16.9 Å². The molecule has 0 fully saturated rings. The minimum Gasteiger partial charge on any atom is -0.507 e. The van der Waals surface area contributed by atoms with Gasteiger partial charge in [-0.3, -0.25) is 10.2 Å². The van der Waals surface area contributed by atoms with Crippen molar-refractivity contribution in [3.8, 4) is 5.75 Å². The van der Waals surface area contributed by atoms with Crippen molar-refractivity contribution >= 4 is 17.5 Å².